The molecule has 4 rings (SSSR count). The minimum atomic E-state index is 0.157. The summed E-state index contributed by atoms with van der Waals surface area (Å²) in [7, 11) is 0. The number of fused-ring (bicyclic) bond motifs is 2. The number of aryl methyl sites for hydroxylation is 1. The Morgan fingerprint density at radius 3 is 2.71 bits per heavy atom. The number of benzene rings is 2. The van der Waals surface area contributed by atoms with E-state index < -0.39 is 0 Å². The molecule has 1 saturated heterocycles. The fourth-order valence-electron chi connectivity index (χ4n) is 3.82. The SMILES string of the molecule is CCCCCCCc1cc2nc3ccc(N4CCOCC4)cc3sc-2cc1=O. The van der Waals surface area contributed by atoms with Crippen molar-refractivity contribution in [3.63, 3.8) is 0 Å². The first-order valence-electron chi connectivity index (χ1n) is 10.4. The van der Waals surface area contributed by atoms with Crippen molar-refractivity contribution >= 4 is 27.2 Å². The van der Waals surface area contributed by atoms with E-state index in [1.807, 2.05) is 6.07 Å². The summed E-state index contributed by atoms with van der Waals surface area (Å²) in [5, 5.41) is 0. The van der Waals surface area contributed by atoms with Crippen LogP contribution in [0.15, 0.2) is 35.1 Å². The Morgan fingerprint density at radius 1 is 1.07 bits per heavy atom. The molecule has 0 atom stereocenters. The fraction of sp³-hybridized carbons (Fsp3) is 0.478. The maximum atomic E-state index is 12.6. The second kappa shape index (κ2) is 9.01. The first-order valence-corrected chi connectivity index (χ1v) is 11.3. The number of nitrogens with zero attached hydrogens (tertiary/aromatic N) is 2. The highest BCUT2D eigenvalue weighted by molar-refractivity contribution is 7.21. The molecule has 0 bridgehead atoms. The standard InChI is InChI=1S/C23H28N2O2S/c1-2-3-4-5-6-7-17-14-20-23(16-21(17)26)28-22-15-18(8-9-19(22)24-20)25-10-12-27-13-11-25/h8-9,14-16H,2-7,10-13H2,1H3. The lowest BCUT2D eigenvalue weighted by Gasteiger charge is -2.29. The van der Waals surface area contributed by atoms with Gasteiger partial charge in [-0.1, -0.05) is 32.6 Å². The van der Waals surface area contributed by atoms with Gasteiger partial charge in [0.05, 0.1) is 34.0 Å². The van der Waals surface area contributed by atoms with E-state index in [-0.39, 0.29) is 5.43 Å². The molecule has 0 amide bonds. The van der Waals surface area contributed by atoms with Crippen LogP contribution in [0.5, 0.6) is 0 Å². The average molecular weight is 397 g/mol. The van der Waals surface area contributed by atoms with E-state index in [1.165, 1.54) is 31.4 Å². The van der Waals surface area contributed by atoms with Crippen LogP contribution in [0.2, 0.25) is 0 Å². The summed E-state index contributed by atoms with van der Waals surface area (Å²) in [5.41, 5.74) is 4.22. The summed E-state index contributed by atoms with van der Waals surface area (Å²) in [6.45, 7) is 5.61. The Balaban J connectivity index is 1.59. The van der Waals surface area contributed by atoms with Gasteiger partial charge in [0.25, 0.3) is 0 Å². The van der Waals surface area contributed by atoms with E-state index >= 15 is 0 Å². The first kappa shape index (κ1) is 19.3. The molecule has 5 heteroatoms. The minimum Gasteiger partial charge on any atom is -0.378 e. The second-order valence-corrected chi connectivity index (χ2v) is 8.64. The van der Waals surface area contributed by atoms with Gasteiger partial charge in [0.1, 0.15) is 0 Å². The summed E-state index contributed by atoms with van der Waals surface area (Å²) < 4.78 is 6.58. The van der Waals surface area contributed by atoms with Crippen molar-refractivity contribution in [1.29, 1.82) is 0 Å². The quantitative estimate of drug-likeness (QED) is 0.411. The van der Waals surface area contributed by atoms with Crippen LogP contribution in [-0.4, -0.2) is 31.3 Å². The highest BCUT2D eigenvalue weighted by Crippen LogP contribution is 2.32. The van der Waals surface area contributed by atoms with E-state index in [9.17, 15) is 4.79 Å². The summed E-state index contributed by atoms with van der Waals surface area (Å²) in [6, 6.07) is 10.3. The molecule has 28 heavy (non-hydrogen) atoms. The summed E-state index contributed by atoms with van der Waals surface area (Å²) in [5.74, 6) is 0. The van der Waals surface area contributed by atoms with Crippen molar-refractivity contribution in [2.45, 2.75) is 45.4 Å². The second-order valence-electron chi connectivity index (χ2n) is 7.56. The molecule has 1 fully saturated rings. The van der Waals surface area contributed by atoms with Crippen LogP contribution in [0.3, 0.4) is 0 Å². The van der Waals surface area contributed by atoms with Crippen LogP contribution in [-0.2, 0) is 11.2 Å². The zero-order chi connectivity index (χ0) is 19.3. The number of morpholine rings is 1. The molecule has 0 spiro atoms. The molecule has 148 valence electrons. The molecule has 0 saturated carbocycles. The number of ether oxygens (including phenoxy) is 1. The highest BCUT2D eigenvalue weighted by Gasteiger charge is 2.15. The molecule has 0 aromatic heterocycles. The van der Waals surface area contributed by atoms with Crippen molar-refractivity contribution in [1.82, 2.24) is 4.98 Å². The molecule has 3 aliphatic rings. The number of rotatable bonds is 7. The molecule has 0 radical (unpaired) electrons. The fourth-order valence-corrected chi connectivity index (χ4v) is 4.83. The predicted octanol–water partition coefficient (Wildman–Crippen LogP) is 5.11. The monoisotopic (exact) mass is 396 g/mol. The number of aromatic nitrogens is 1. The molecular weight excluding hydrogens is 368 g/mol. The van der Waals surface area contributed by atoms with Crippen molar-refractivity contribution < 1.29 is 4.74 Å². The lowest BCUT2D eigenvalue weighted by molar-refractivity contribution is 0.122. The first-order chi connectivity index (χ1) is 13.7. The van der Waals surface area contributed by atoms with Gasteiger partial charge in [0.2, 0.25) is 0 Å². The van der Waals surface area contributed by atoms with Crippen LogP contribution in [0, 0.1) is 0 Å². The number of anilines is 1. The Kier molecular flexibility index (Phi) is 6.23. The molecule has 1 aromatic rings. The third-order valence-electron chi connectivity index (χ3n) is 5.47. The predicted molar refractivity (Wildman–Crippen MR) is 118 cm³/mol. The minimum absolute atomic E-state index is 0.157. The topological polar surface area (TPSA) is 42.4 Å². The summed E-state index contributed by atoms with van der Waals surface area (Å²) in [6.07, 6.45) is 6.93. The van der Waals surface area contributed by atoms with Gasteiger partial charge in [0, 0.05) is 30.4 Å². The highest BCUT2D eigenvalue weighted by atomic mass is 32.1. The summed E-state index contributed by atoms with van der Waals surface area (Å²) >= 11 is 1.67. The smallest absolute Gasteiger partial charge is 0.183 e. The third kappa shape index (κ3) is 4.36. The number of hydrogen-bond acceptors (Lipinski definition) is 5. The molecule has 2 heterocycles. The maximum absolute atomic E-state index is 12.6. The van der Waals surface area contributed by atoms with Crippen LogP contribution >= 0.6 is 11.3 Å². The number of hydrogen-bond donors (Lipinski definition) is 0. The molecule has 1 aliphatic carbocycles. The summed E-state index contributed by atoms with van der Waals surface area (Å²) in [4.78, 5) is 20.7. The Bertz CT molecular complexity index is 963. The average Bonchev–Trinajstić information content (AvgIpc) is 2.73. The van der Waals surface area contributed by atoms with Crippen LogP contribution < -0.4 is 10.3 Å². The van der Waals surface area contributed by atoms with Gasteiger partial charge in [-0.15, -0.1) is 11.3 Å². The largest absolute Gasteiger partial charge is 0.378 e. The Morgan fingerprint density at radius 2 is 1.89 bits per heavy atom. The third-order valence-corrected chi connectivity index (χ3v) is 6.57. The zero-order valence-corrected chi connectivity index (χ0v) is 17.4. The van der Waals surface area contributed by atoms with E-state index in [2.05, 4.69) is 30.0 Å². The van der Waals surface area contributed by atoms with Gasteiger partial charge < -0.3 is 9.64 Å². The van der Waals surface area contributed by atoms with E-state index in [1.54, 1.807) is 17.4 Å². The molecule has 2 aliphatic heterocycles. The number of unbranched alkanes of at least 4 members (excludes halogenated alkanes) is 4. The van der Waals surface area contributed by atoms with Gasteiger partial charge >= 0.3 is 0 Å². The van der Waals surface area contributed by atoms with Gasteiger partial charge in [-0.3, -0.25) is 4.79 Å². The Labute approximate surface area is 170 Å². The van der Waals surface area contributed by atoms with Crippen molar-refractivity contribution in [3.8, 4) is 10.6 Å². The zero-order valence-electron chi connectivity index (χ0n) is 16.6. The van der Waals surface area contributed by atoms with Crippen LogP contribution in [0.25, 0.3) is 20.8 Å². The van der Waals surface area contributed by atoms with Crippen molar-refractivity contribution in [3.05, 3.63) is 46.1 Å². The van der Waals surface area contributed by atoms with Gasteiger partial charge in [-0.05, 0) is 37.1 Å². The molecule has 4 nitrogen and oxygen atoms in total. The van der Waals surface area contributed by atoms with Crippen LogP contribution in [0.4, 0.5) is 5.69 Å². The van der Waals surface area contributed by atoms with Crippen molar-refractivity contribution in [2.75, 3.05) is 31.2 Å². The van der Waals surface area contributed by atoms with Crippen LogP contribution in [0.1, 0.15) is 44.6 Å². The molecule has 0 N–H and O–H groups in total. The van der Waals surface area contributed by atoms with E-state index in [0.29, 0.717) is 0 Å². The van der Waals surface area contributed by atoms with Gasteiger partial charge in [-0.2, -0.15) is 0 Å². The van der Waals surface area contributed by atoms with Gasteiger partial charge in [-0.25, -0.2) is 4.98 Å². The normalized spacial score (nSPS) is 14.8. The van der Waals surface area contributed by atoms with E-state index in [4.69, 9.17) is 9.72 Å². The lowest BCUT2D eigenvalue weighted by Crippen LogP contribution is -2.36. The molecular formula is C23H28N2O2S. The van der Waals surface area contributed by atoms with Crippen molar-refractivity contribution in [2.24, 2.45) is 0 Å². The van der Waals surface area contributed by atoms with Gasteiger partial charge in [0.15, 0.2) is 5.43 Å². The molecule has 1 aromatic carbocycles. The molecule has 0 unspecified atom stereocenters. The maximum Gasteiger partial charge on any atom is 0.183 e. The lowest BCUT2D eigenvalue weighted by atomic mass is 10.0. The van der Waals surface area contributed by atoms with E-state index in [0.717, 1.165) is 65.5 Å². The Hall–Kier alpha value is -1.98.